The van der Waals surface area contributed by atoms with Gasteiger partial charge in [-0.25, -0.2) is 4.39 Å². The summed E-state index contributed by atoms with van der Waals surface area (Å²) in [5.74, 6) is -1.11. The van der Waals surface area contributed by atoms with Crippen molar-refractivity contribution >= 4 is 22.7 Å². The molecule has 0 atom stereocenters. The van der Waals surface area contributed by atoms with E-state index >= 15 is 0 Å². The molecule has 0 aromatic heterocycles. The third kappa shape index (κ3) is 2.74. The van der Waals surface area contributed by atoms with Crippen LogP contribution in [-0.2, 0) is 0 Å². The fraction of sp³-hybridized carbons (Fsp3) is 0.273. The smallest absolute Gasteiger partial charge is 0.254 e. The lowest BCUT2D eigenvalue weighted by Gasteiger charge is -2.06. The first-order valence-electron chi connectivity index (χ1n) is 5.10. The number of carbonyl (C=O) groups is 1. The standard InChI is InChI=1S/C11H10ClFN2O2/c12-10(15-17)6-1-4-9(13)8(5-6)11(16)14-7-2-3-7/h1,4-5,7,17H,2-3H2,(H,14,16). The molecule has 4 nitrogen and oxygen atoms in total. The van der Waals surface area contributed by atoms with Crippen molar-refractivity contribution in [2.75, 3.05) is 0 Å². The Labute approximate surface area is 102 Å². The lowest BCUT2D eigenvalue weighted by Crippen LogP contribution is -2.26. The first kappa shape index (κ1) is 11.9. The third-order valence-corrected chi connectivity index (χ3v) is 2.74. The normalized spacial score (nSPS) is 15.8. The van der Waals surface area contributed by atoms with Gasteiger partial charge in [0.1, 0.15) is 5.82 Å². The number of oxime groups is 1. The van der Waals surface area contributed by atoms with Gasteiger partial charge in [-0.15, -0.1) is 0 Å². The van der Waals surface area contributed by atoms with Gasteiger partial charge >= 0.3 is 0 Å². The highest BCUT2D eigenvalue weighted by atomic mass is 35.5. The van der Waals surface area contributed by atoms with Gasteiger partial charge in [0.05, 0.1) is 5.56 Å². The van der Waals surface area contributed by atoms with Crippen molar-refractivity contribution in [3.63, 3.8) is 0 Å². The van der Waals surface area contributed by atoms with Crippen LogP contribution in [0.4, 0.5) is 4.39 Å². The molecule has 2 rings (SSSR count). The van der Waals surface area contributed by atoms with Gasteiger partial charge in [-0.3, -0.25) is 4.79 Å². The van der Waals surface area contributed by atoms with Crippen LogP contribution < -0.4 is 5.32 Å². The monoisotopic (exact) mass is 256 g/mol. The van der Waals surface area contributed by atoms with Crippen LogP contribution in [-0.4, -0.2) is 22.3 Å². The molecule has 1 aromatic carbocycles. The fourth-order valence-electron chi connectivity index (χ4n) is 1.38. The van der Waals surface area contributed by atoms with E-state index in [1.54, 1.807) is 0 Å². The molecular weight excluding hydrogens is 247 g/mol. The summed E-state index contributed by atoms with van der Waals surface area (Å²) in [6.45, 7) is 0. The second-order valence-corrected chi connectivity index (χ2v) is 4.19. The molecule has 1 aliphatic rings. The molecule has 0 saturated heterocycles. The largest absolute Gasteiger partial charge is 0.410 e. The van der Waals surface area contributed by atoms with E-state index in [9.17, 15) is 9.18 Å². The Balaban J connectivity index is 2.27. The Kier molecular flexibility index (Phi) is 3.28. The summed E-state index contributed by atoms with van der Waals surface area (Å²) in [5, 5.41) is 13.8. The van der Waals surface area contributed by atoms with E-state index in [1.165, 1.54) is 12.1 Å². The molecule has 1 amide bonds. The Bertz CT molecular complexity index is 486. The van der Waals surface area contributed by atoms with Crippen molar-refractivity contribution in [3.05, 3.63) is 35.1 Å². The number of carbonyl (C=O) groups excluding carboxylic acids is 1. The minimum Gasteiger partial charge on any atom is -0.410 e. The molecule has 0 heterocycles. The van der Waals surface area contributed by atoms with E-state index in [2.05, 4.69) is 10.5 Å². The van der Waals surface area contributed by atoms with Crippen molar-refractivity contribution in [2.24, 2.45) is 5.16 Å². The number of nitrogens with one attached hydrogen (secondary N) is 1. The molecule has 1 aliphatic carbocycles. The van der Waals surface area contributed by atoms with Crippen LogP contribution in [0, 0.1) is 5.82 Å². The van der Waals surface area contributed by atoms with Gasteiger partial charge in [-0.2, -0.15) is 0 Å². The van der Waals surface area contributed by atoms with Gasteiger partial charge < -0.3 is 10.5 Å². The minimum absolute atomic E-state index is 0.101. The fourth-order valence-corrected chi connectivity index (χ4v) is 1.49. The first-order chi connectivity index (χ1) is 8.11. The third-order valence-electron chi connectivity index (χ3n) is 2.45. The van der Waals surface area contributed by atoms with E-state index in [1.807, 2.05) is 0 Å². The zero-order valence-corrected chi connectivity index (χ0v) is 9.54. The highest BCUT2D eigenvalue weighted by Crippen LogP contribution is 2.20. The number of hydrogen-bond donors (Lipinski definition) is 2. The summed E-state index contributed by atoms with van der Waals surface area (Å²) in [5.41, 5.74) is 0.188. The average molecular weight is 257 g/mol. The summed E-state index contributed by atoms with van der Waals surface area (Å²) < 4.78 is 13.5. The first-order valence-corrected chi connectivity index (χ1v) is 5.48. The number of nitrogens with zero attached hydrogens (tertiary/aromatic N) is 1. The van der Waals surface area contributed by atoms with Gasteiger partial charge in [0.15, 0.2) is 5.17 Å². The lowest BCUT2D eigenvalue weighted by atomic mass is 10.1. The maximum atomic E-state index is 13.5. The van der Waals surface area contributed by atoms with Crippen molar-refractivity contribution in [3.8, 4) is 0 Å². The summed E-state index contributed by atoms with van der Waals surface area (Å²) in [6, 6.07) is 3.86. The van der Waals surface area contributed by atoms with Crippen LogP contribution in [0.3, 0.4) is 0 Å². The molecule has 1 fully saturated rings. The van der Waals surface area contributed by atoms with Crippen molar-refractivity contribution in [1.29, 1.82) is 0 Å². The highest BCUT2D eigenvalue weighted by molar-refractivity contribution is 6.69. The maximum absolute atomic E-state index is 13.5. The SMILES string of the molecule is O=C(NC1CC1)c1cc(C(Cl)=NO)ccc1F. The zero-order chi connectivity index (χ0) is 12.4. The second kappa shape index (κ2) is 4.71. The van der Waals surface area contributed by atoms with E-state index < -0.39 is 11.7 Å². The maximum Gasteiger partial charge on any atom is 0.254 e. The summed E-state index contributed by atoms with van der Waals surface area (Å²) in [4.78, 5) is 11.7. The average Bonchev–Trinajstić information content (AvgIpc) is 3.12. The number of halogens is 2. The molecule has 0 unspecified atom stereocenters. The molecule has 0 spiro atoms. The van der Waals surface area contributed by atoms with Crippen LogP contribution in [0.1, 0.15) is 28.8 Å². The van der Waals surface area contributed by atoms with Crippen LogP contribution in [0.5, 0.6) is 0 Å². The second-order valence-electron chi connectivity index (χ2n) is 3.83. The van der Waals surface area contributed by atoms with Gasteiger partial charge in [0.2, 0.25) is 0 Å². The molecule has 1 saturated carbocycles. The van der Waals surface area contributed by atoms with Crippen LogP contribution in [0.2, 0.25) is 0 Å². The van der Waals surface area contributed by atoms with E-state index in [0.29, 0.717) is 0 Å². The van der Waals surface area contributed by atoms with Crippen LogP contribution in [0.25, 0.3) is 0 Å². The molecule has 17 heavy (non-hydrogen) atoms. The lowest BCUT2D eigenvalue weighted by molar-refractivity contribution is 0.0947. The predicted molar refractivity (Wildman–Crippen MR) is 61.1 cm³/mol. The molecule has 0 radical (unpaired) electrons. The summed E-state index contributed by atoms with van der Waals surface area (Å²) in [6.07, 6.45) is 1.85. The number of amides is 1. The van der Waals surface area contributed by atoms with Crippen LogP contribution >= 0.6 is 11.6 Å². The molecular formula is C11H10ClFN2O2. The quantitative estimate of drug-likeness (QED) is 0.494. The molecule has 6 heteroatoms. The van der Waals surface area contributed by atoms with E-state index in [4.69, 9.17) is 16.8 Å². The van der Waals surface area contributed by atoms with Crippen molar-refractivity contribution < 1.29 is 14.4 Å². The van der Waals surface area contributed by atoms with Crippen LogP contribution in [0.15, 0.2) is 23.4 Å². The Morgan fingerprint density at radius 3 is 2.82 bits per heavy atom. The molecule has 2 N–H and O–H groups in total. The molecule has 1 aromatic rings. The van der Waals surface area contributed by atoms with Crippen molar-refractivity contribution in [2.45, 2.75) is 18.9 Å². The molecule has 0 bridgehead atoms. The number of hydrogen-bond acceptors (Lipinski definition) is 3. The molecule has 0 aliphatic heterocycles. The van der Waals surface area contributed by atoms with Gasteiger partial charge in [-0.1, -0.05) is 16.8 Å². The van der Waals surface area contributed by atoms with Crippen molar-refractivity contribution in [1.82, 2.24) is 5.32 Å². The summed E-state index contributed by atoms with van der Waals surface area (Å²) >= 11 is 5.58. The van der Waals surface area contributed by atoms with Gasteiger partial charge in [-0.05, 0) is 31.0 Å². The predicted octanol–water partition coefficient (Wildman–Crippen LogP) is 2.09. The Morgan fingerprint density at radius 1 is 1.53 bits per heavy atom. The number of rotatable bonds is 3. The van der Waals surface area contributed by atoms with Gasteiger partial charge in [0, 0.05) is 11.6 Å². The number of benzene rings is 1. The minimum atomic E-state index is -0.630. The van der Waals surface area contributed by atoms with E-state index in [-0.39, 0.29) is 22.3 Å². The molecule has 90 valence electrons. The van der Waals surface area contributed by atoms with E-state index in [0.717, 1.165) is 18.9 Å². The Morgan fingerprint density at radius 2 is 2.24 bits per heavy atom. The topological polar surface area (TPSA) is 61.7 Å². The zero-order valence-electron chi connectivity index (χ0n) is 8.78. The van der Waals surface area contributed by atoms with Gasteiger partial charge in [0.25, 0.3) is 5.91 Å². The summed E-state index contributed by atoms with van der Waals surface area (Å²) in [7, 11) is 0. The Hall–Kier alpha value is -1.62. The highest BCUT2D eigenvalue weighted by Gasteiger charge is 2.25.